The van der Waals surface area contributed by atoms with Crippen LogP contribution in [0.25, 0.3) is 131 Å². The number of hydrogen-bond donors (Lipinski definition) is 0. The number of benzene rings is 14. The first kappa shape index (κ1) is 58.2. The molecular formula is C88H84. The Morgan fingerprint density at radius 1 is 0.159 bits per heavy atom. The van der Waals surface area contributed by atoms with Crippen molar-refractivity contribution < 1.29 is 0 Å². The van der Waals surface area contributed by atoms with Crippen LogP contribution in [-0.4, -0.2) is 0 Å². The smallest absolute Gasteiger partial charge is 0.00260 e. The molecule has 0 fully saturated rings. The zero-order valence-electron chi connectivity index (χ0n) is 54.5. The van der Waals surface area contributed by atoms with E-state index in [0.29, 0.717) is 0 Å². The molecule has 0 aliphatic heterocycles. The van der Waals surface area contributed by atoms with Crippen molar-refractivity contribution in [2.45, 2.75) is 131 Å². The van der Waals surface area contributed by atoms with Crippen molar-refractivity contribution in [1.29, 1.82) is 0 Å². The Kier molecular flexibility index (Phi) is 14.2. The van der Waals surface area contributed by atoms with Crippen molar-refractivity contribution in [3.8, 4) is 44.5 Å². The molecule has 0 bridgehead atoms. The van der Waals surface area contributed by atoms with Crippen LogP contribution < -0.4 is 0 Å². The quantitative estimate of drug-likeness (QED) is 0.154. The number of fused-ring (bicyclic) bond motifs is 8. The lowest BCUT2D eigenvalue weighted by molar-refractivity contribution is 0.590. The van der Waals surface area contributed by atoms with Crippen molar-refractivity contribution in [3.63, 3.8) is 0 Å². The van der Waals surface area contributed by atoms with E-state index in [-0.39, 0.29) is 27.1 Å². The highest BCUT2D eigenvalue weighted by molar-refractivity contribution is 6.24. The Hall–Kier alpha value is -8.84. The van der Waals surface area contributed by atoms with Gasteiger partial charge in [0, 0.05) is 0 Å². The minimum absolute atomic E-state index is 0.0249. The van der Waals surface area contributed by atoms with Crippen LogP contribution >= 0.6 is 0 Å². The van der Waals surface area contributed by atoms with Crippen molar-refractivity contribution >= 4 is 86.2 Å². The molecule has 0 unspecified atom stereocenters. The van der Waals surface area contributed by atoms with Gasteiger partial charge < -0.3 is 0 Å². The van der Waals surface area contributed by atoms with E-state index in [4.69, 9.17) is 0 Å². The maximum absolute atomic E-state index is 2.48. The predicted molar refractivity (Wildman–Crippen MR) is 388 cm³/mol. The largest absolute Gasteiger partial charge is 0.0616 e. The van der Waals surface area contributed by atoms with E-state index in [2.05, 4.69) is 340 Å². The molecule has 0 amide bonds. The van der Waals surface area contributed by atoms with Crippen LogP contribution in [0.3, 0.4) is 0 Å². The molecule has 0 radical (unpaired) electrons. The molecular weight excluding hydrogens is 1060 g/mol. The average molecular weight is 1140 g/mol. The summed E-state index contributed by atoms with van der Waals surface area (Å²) in [5.41, 5.74) is 17.5. The molecule has 14 rings (SSSR count). The molecule has 436 valence electrons. The second-order valence-corrected chi connectivity index (χ2v) is 30.3. The van der Waals surface area contributed by atoms with Gasteiger partial charge in [-0.25, -0.2) is 0 Å². The van der Waals surface area contributed by atoms with Crippen LogP contribution in [0.4, 0.5) is 0 Å². The van der Waals surface area contributed by atoms with E-state index in [1.807, 2.05) is 0 Å². The fraction of sp³-hybridized carbons (Fsp3) is 0.227. The topological polar surface area (TPSA) is 0 Å². The van der Waals surface area contributed by atoms with E-state index in [1.165, 1.54) is 159 Å². The second-order valence-electron chi connectivity index (χ2n) is 30.3. The monoisotopic (exact) mass is 1140 g/mol. The molecule has 0 atom stereocenters. The van der Waals surface area contributed by atoms with E-state index in [1.54, 1.807) is 0 Å². The van der Waals surface area contributed by atoms with Gasteiger partial charge in [-0.05, 0) is 228 Å². The summed E-state index contributed by atoms with van der Waals surface area (Å²) in [6.07, 6.45) is 0. The molecule has 0 aliphatic carbocycles. The van der Waals surface area contributed by atoms with Gasteiger partial charge in [0.1, 0.15) is 0 Å². The highest BCUT2D eigenvalue weighted by Gasteiger charge is 2.26. The minimum Gasteiger partial charge on any atom is -0.0616 e. The first-order chi connectivity index (χ1) is 41.8. The summed E-state index contributed by atoms with van der Waals surface area (Å²) < 4.78 is 0. The molecule has 0 nitrogen and oxygen atoms in total. The molecule has 14 aromatic carbocycles. The lowest BCUT2D eigenvalue weighted by atomic mass is 9.79. The molecule has 0 heteroatoms. The summed E-state index contributed by atoms with van der Waals surface area (Å²) in [6, 6.07) is 89.8. The van der Waals surface area contributed by atoms with Gasteiger partial charge in [0.25, 0.3) is 0 Å². The maximum Gasteiger partial charge on any atom is -0.00260 e. The van der Waals surface area contributed by atoms with Crippen LogP contribution in [0.1, 0.15) is 132 Å². The SMILES string of the molecule is CC(C)(C)c1ccc2c(-c3ccc4ccccc4c3)c3ccccc3c(-c3ccc4ccccc4c3)c2c1.CC(C)(C)c1ccc2cc(-c3c4ccc(C(C)(C)C)cc4c(-c4ccc5cc(C(C)(C)C)ccc5c4)c4ccc(C(C)(C)C)cc34)ccc2c1. The maximum atomic E-state index is 2.48. The van der Waals surface area contributed by atoms with Crippen molar-refractivity contribution in [2.75, 3.05) is 0 Å². The van der Waals surface area contributed by atoms with Crippen molar-refractivity contribution in [1.82, 2.24) is 0 Å². The van der Waals surface area contributed by atoms with Gasteiger partial charge >= 0.3 is 0 Å². The molecule has 88 heavy (non-hydrogen) atoms. The third-order valence-corrected chi connectivity index (χ3v) is 18.8. The minimum atomic E-state index is 0.0249. The normalized spacial score (nSPS) is 12.7. The van der Waals surface area contributed by atoms with Crippen molar-refractivity contribution in [2.24, 2.45) is 0 Å². The predicted octanol–water partition coefficient (Wildman–Crippen LogP) is 25.8. The van der Waals surface area contributed by atoms with E-state index >= 15 is 0 Å². The molecule has 0 saturated heterocycles. The van der Waals surface area contributed by atoms with Gasteiger partial charge in [0.15, 0.2) is 0 Å². The fourth-order valence-electron chi connectivity index (χ4n) is 13.5. The number of hydrogen-bond acceptors (Lipinski definition) is 0. The Labute approximate surface area is 522 Å². The summed E-state index contributed by atoms with van der Waals surface area (Å²) in [6.45, 7) is 34.6. The van der Waals surface area contributed by atoms with Crippen LogP contribution in [0.2, 0.25) is 0 Å². The third-order valence-electron chi connectivity index (χ3n) is 18.8. The van der Waals surface area contributed by atoms with Crippen LogP contribution in [0.15, 0.2) is 237 Å². The van der Waals surface area contributed by atoms with Gasteiger partial charge in [0.2, 0.25) is 0 Å². The summed E-state index contributed by atoms with van der Waals surface area (Å²) in [5.74, 6) is 0. The summed E-state index contributed by atoms with van der Waals surface area (Å²) in [4.78, 5) is 0. The highest BCUT2D eigenvalue weighted by Crippen LogP contribution is 2.49. The molecule has 0 N–H and O–H groups in total. The first-order valence-corrected chi connectivity index (χ1v) is 31.9. The molecule has 0 heterocycles. The average Bonchev–Trinajstić information content (AvgIpc) is 0.744. The van der Waals surface area contributed by atoms with Crippen LogP contribution in [-0.2, 0) is 27.1 Å². The Balaban J connectivity index is 0.000000168. The Bertz CT molecular complexity index is 4910. The van der Waals surface area contributed by atoms with Gasteiger partial charge in [-0.1, -0.05) is 298 Å². The van der Waals surface area contributed by atoms with Gasteiger partial charge in [0.05, 0.1) is 0 Å². The lowest BCUT2D eigenvalue weighted by Gasteiger charge is -2.25. The summed E-state index contributed by atoms with van der Waals surface area (Å²) in [7, 11) is 0. The van der Waals surface area contributed by atoms with E-state index < -0.39 is 0 Å². The Morgan fingerprint density at radius 3 is 0.670 bits per heavy atom. The third kappa shape index (κ3) is 10.8. The van der Waals surface area contributed by atoms with Crippen molar-refractivity contribution in [3.05, 3.63) is 264 Å². The molecule has 0 aromatic heterocycles. The highest BCUT2D eigenvalue weighted by atomic mass is 14.3. The zero-order valence-corrected chi connectivity index (χ0v) is 54.5. The van der Waals surface area contributed by atoms with Crippen LogP contribution in [0.5, 0.6) is 0 Å². The van der Waals surface area contributed by atoms with Gasteiger partial charge in [-0.2, -0.15) is 0 Å². The number of rotatable bonds is 4. The molecule has 0 saturated carbocycles. The standard InChI is InChI=1S/C50H54.C38H30/c1-47(2,3)37-19-17-31-25-35(15-13-33(31)27-37)45-41-23-21-40(50(10,11)12)30-44(41)46(42-24-22-39(29-43(42)45)49(7,8)9)36-16-14-34-28-38(48(4,5)6)20-18-32(34)26-36;1-38(2,3)31-20-21-34-35(24-31)37(30-19-17-26-11-5-7-13-28(26)23-30)33-15-9-8-14-32(33)36(34)29-18-16-25-10-4-6-12-27(25)22-29/h13-30H,1-12H3;4-24H,1-3H3. The summed E-state index contributed by atoms with van der Waals surface area (Å²) in [5, 5.41) is 20.7. The second kappa shape index (κ2) is 21.5. The zero-order chi connectivity index (χ0) is 61.8. The lowest BCUT2D eigenvalue weighted by Crippen LogP contribution is -2.11. The Morgan fingerprint density at radius 2 is 0.364 bits per heavy atom. The van der Waals surface area contributed by atoms with Gasteiger partial charge in [-0.15, -0.1) is 0 Å². The fourth-order valence-corrected chi connectivity index (χ4v) is 13.5. The first-order valence-electron chi connectivity index (χ1n) is 31.9. The summed E-state index contributed by atoms with van der Waals surface area (Å²) >= 11 is 0. The molecule has 0 aliphatic rings. The van der Waals surface area contributed by atoms with E-state index in [0.717, 1.165) is 0 Å². The van der Waals surface area contributed by atoms with Gasteiger partial charge in [-0.3, -0.25) is 0 Å². The molecule has 0 spiro atoms. The van der Waals surface area contributed by atoms with Crippen LogP contribution in [0, 0.1) is 0 Å². The molecule has 14 aromatic rings. The van der Waals surface area contributed by atoms with E-state index in [9.17, 15) is 0 Å².